The molecule has 1 aliphatic heterocycles. The quantitative estimate of drug-likeness (QED) is 0.726. The summed E-state index contributed by atoms with van der Waals surface area (Å²) in [5.74, 6) is -0.0778. The average molecular weight is 425 g/mol. The summed E-state index contributed by atoms with van der Waals surface area (Å²) in [6.45, 7) is 8.04. The van der Waals surface area contributed by atoms with Gasteiger partial charge in [-0.25, -0.2) is 9.78 Å². The van der Waals surface area contributed by atoms with E-state index in [0.717, 1.165) is 11.3 Å². The number of benzene rings is 1. The first-order chi connectivity index (χ1) is 14.4. The van der Waals surface area contributed by atoms with Gasteiger partial charge in [-0.1, -0.05) is 26.8 Å². The highest BCUT2D eigenvalue weighted by Gasteiger charge is 2.30. The number of hydrogen-bond acceptors (Lipinski definition) is 6. The Morgan fingerprint density at radius 1 is 1.29 bits per heavy atom. The molecule has 2 heterocycles. The molecule has 1 aromatic heterocycles. The van der Waals surface area contributed by atoms with Gasteiger partial charge in [0, 0.05) is 36.0 Å². The first kappa shape index (κ1) is 22.3. The van der Waals surface area contributed by atoms with Crippen molar-refractivity contribution in [2.75, 3.05) is 25.6 Å². The lowest BCUT2D eigenvalue weighted by atomic mass is 9.84. The lowest BCUT2D eigenvalue weighted by molar-refractivity contribution is 0.0962. The maximum Gasteiger partial charge on any atom is 0.413 e. The molecule has 0 aliphatic carbocycles. The van der Waals surface area contributed by atoms with Gasteiger partial charge in [0.2, 0.25) is 0 Å². The largest absolute Gasteiger partial charge is 0.505 e. The van der Waals surface area contributed by atoms with Crippen molar-refractivity contribution < 1.29 is 19.4 Å². The number of phenols is 1. The summed E-state index contributed by atoms with van der Waals surface area (Å²) in [6.07, 6.45) is -0.655. The average Bonchev–Trinajstić information content (AvgIpc) is 3.01. The molecule has 0 spiro atoms. The van der Waals surface area contributed by atoms with Crippen molar-refractivity contribution in [3.05, 3.63) is 52.3 Å². The van der Waals surface area contributed by atoms with Crippen molar-refractivity contribution in [1.82, 2.24) is 9.88 Å². The third-order valence-electron chi connectivity index (χ3n) is 5.38. The molecular weight excluding hydrogens is 396 g/mol. The van der Waals surface area contributed by atoms with Gasteiger partial charge in [-0.05, 0) is 30.5 Å². The van der Waals surface area contributed by atoms with Crippen LogP contribution < -0.4 is 4.90 Å². The lowest BCUT2D eigenvalue weighted by Crippen LogP contribution is -2.31. The first-order valence-electron chi connectivity index (χ1n) is 9.96. The number of hydrogen-bond donors (Lipinski definition) is 2. The van der Waals surface area contributed by atoms with Crippen LogP contribution in [0, 0.1) is 12.3 Å². The normalized spacial score (nSPS) is 13.2. The Morgan fingerprint density at radius 3 is 2.58 bits per heavy atom. The molecule has 1 aliphatic rings. The second-order valence-corrected chi connectivity index (χ2v) is 8.76. The number of pyridine rings is 1. The summed E-state index contributed by atoms with van der Waals surface area (Å²) in [5, 5.41) is 19.2. The minimum absolute atomic E-state index is 0.00994. The van der Waals surface area contributed by atoms with Crippen LogP contribution in [0.5, 0.6) is 5.75 Å². The van der Waals surface area contributed by atoms with E-state index in [-0.39, 0.29) is 29.6 Å². The third kappa shape index (κ3) is 4.23. The molecule has 1 amide bonds. The number of aromatic hydroxyl groups is 1. The molecule has 0 atom stereocenters. The molecule has 0 fully saturated rings. The number of anilines is 1. The Bertz CT molecular complexity index is 1070. The van der Waals surface area contributed by atoms with E-state index >= 15 is 0 Å². The number of nitrogens with zero attached hydrogens (tertiary/aromatic N) is 3. The maximum atomic E-state index is 13.2. The molecule has 31 heavy (non-hydrogen) atoms. The Balaban J connectivity index is 1.95. The fourth-order valence-electron chi connectivity index (χ4n) is 3.60. The van der Waals surface area contributed by atoms with Gasteiger partial charge in [-0.15, -0.1) is 0 Å². The Morgan fingerprint density at radius 2 is 1.97 bits per heavy atom. The van der Waals surface area contributed by atoms with Crippen LogP contribution >= 0.6 is 0 Å². The second-order valence-electron chi connectivity index (χ2n) is 8.76. The molecule has 0 radical (unpaired) electrons. The van der Waals surface area contributed by atoms with Gasteiger partial charge in [-0.3, -0.25) is 15.1 Å². The number of nitrogens with one attached hydrogen (secondary N) is 1. The van der Waals surface area contributed by atoms with Crippen LogP contribution in [0.4, 0.5) is 10.5 Å². The smallest absolute Gasteiger partial charge is 0.413 e. The third-order valence-corrected chi connectivity index (χ3v) is 5.38. The van der Waals surface area contributed by atoms with E-state index in [1.54, 1.807) is 11.0 Å². The number of carbonyl (C=O) groups excluding carboxylic acids is 2. The molecule has 0 unspecified atom stereocenters. The molecule has 1 aromatic carbocycles. The van der Waals surface area contributed by atoms with Crippen molar-refractivity contribution in [3.63, 3.8) is 0 Å². The lowest BCUT2D eigenvalue weighted by Gasteiger charge is -2.26. The summed E-state index contributed by atoms with van der Waals surface area (Å²) < 4.78 is 4.76. The highest BCUT2D eigenvalue weighted by molar-refractivity contribution is 6.05. The van der Waals surface area contributed by atoms with E-state index < -0.39 is 11.5 Å². The number of aryl methyl sites for hydroxylation is 1. The van der Waals surface area contributed by atoms with Gasteiger partial charge in [0.05, 0.1) is 19.3 Å². The molecule has 8 heteroatoms. The molecule has 8 nitrogen and oxygen atoms in total. The van der Waals surface area contributed by atoms with Crippen LogP contribution in [0.1, 0.15) is 53.6 Å². The molecule has 164 valence electrons. The Labute approximate surface area is 182 Å². The van der Waals surface area contributed by atoms with Crippen molar-refractivity contribution in [2.45, 2.75) is 39.7 Å². The number of amidine groups is 1. The predicted octanol–water partition coefficient (Wildman–Crippen LogP) is 3.62. The van der Waals surface area contributed by atoms with E-state index in [1.807, 2.05) is 39.8 Å². The molecular formula is C23H28N4O4. The van der Waals surface area contributed by atoms with Crippen molar-refractivity contribution >= 4 is 23.4 Å². The number of phenolic OH excluding ortho intramolecular Hbond substituents is 1. The molecule has 3 rings (SSSR count). The summed E-state index contributed by atoms with van der Waals surface area (Å²) in [4.78, 5) is 32.5. The second kappa shape index (κ2) is 8.02. The van der Waals surface area contributed by atoms with Gasteiger partial charge in [0.1, 0.15) is 17.3 Å². The van der Waals surface area contributed by atoms with Crippen molar-refractivity contribution in [1.29, 1.82) is 5.41 Å². The van der Waals surface area contributed by atoms with Crippen LogP contribution in [0.3, 0.4) is 0 Å². The standard InChI is InChI=1S/C23H28N4O4/c1-13-7-8-14-11-27(21(24)19(14)25-13)12-18(28)15-9-16(23(2,3)4)20(29)17(10-15)26(5)22(30)31-6/h7-10,24,29H,11-12H2,1-6H3. The highest BCUT2D eigenvalue weighted by Crippen LogP contribution is 2.39. The molecule has 0 saturated carbocycles. The van der Waals surface area contributed by atoms with Crippen LogP contribution in [0.2, 0.25) is 0 Å². The number of ketones is 1. The van der Waals surface area contributed by atoms with Gasteiger partial charge in [-0.2, -0.15) is 0 Å². The van der Waals surface area contributed by atoms with E-state index in [2.05, 4.69) is 4.98 Å². The fourth-order valence-corrected chi connectivity index (χ4v) is 3.60. The van der Waals surface area contributed by atoms with Crippen LogP contribution in [0.15, 0.2) is 24.3 Å². The van der Waals surface area contributed by atoms with Gasteiger partial charge in [0.15, 0.2) is 5.78 Å². The van der Waals surface area contributed by atoms with Crippen LogP contribution in [0.25, 0.3) is 0 Å². The number of methoxy groups -OCH3 is 1. The monoisotopic (exact) mass is 424 g/mol. The Kier molecular flexibility index (Phi) is 5.76. The zero-order chi connectivity index (χ0) is 23.1. The van der Waals surface area contributed by atoms with E-state index in [1.165, 1.54) is 25.1 Å². The number of fused-ring (bicyclic) bond motifs is 1. The Hall–Kier alpha value is -3.42. The number of rotatable bonds is 4. The van der Waals surface area contributed by atoms with Gasteiger partial charge in [0.25, 0.3) is 0 Å². The number of Topliss-reactive ketones (excluding diaryl/α,β-unsaturated/α-hetero) is 1. The minimum atomic E-state index is -0.655. The first-order valence-corrected chi connectivity index (χ1v) is 9.96. The van der Waals surface area contributed by atoms with Crippen LogP contribution in [-0.2, 0) is 16.7 Å². The summed E-state index contributed by atoms with van der Waals surface area (Å²) in [5.41, 5.74) is 2.95. The molecule has 0 bridgehead atoms. The minimum Gasteiger partial charge on any atom is -0.505 e. The summed E-state index contributed by atoms with van der Waals surface area (Å²) in [7, 11) is 2.73. The molecule has 2 aromatic rings. The predicted molar refractivity (Wildman–Crippen MR) is 118 cm³/mol. The fraction of sp³-hybridized carbons (Fsp3) is 0.391. The zero-order valence-corrected chi connectivity index (χ0v) is 18.7. The van der Waals surface area contributed by atoms with E-state index in [9.17, 15) is 14.7 Å². The van der Waals surface area contributed by atoms with E-state index in [0.29, 0.717) is 23.4 Å². The number of amides is 1. The van der Waals surface area contributed by atoms with Crippen LogP contribution in [-0.4, -0.2) is 53.4 Å². The van der Waals surface area contributed by atoms with Crippen molar-refractivity contribution in [3.8, 4) is 5.75 Å². The van der Waals surface area contributed by atoms with E-state index in [4.69, 9.17) is 10.1 Å². The number of aromatic nitrogens is 1. The zero-order valence-electron chi connectivity index (χ0n) is 18.7. The SMILES string of the molecule is COC(=O)N(C)c1cc(C(=O)CN2Cc3ccc(C)nc3C2=N)cc(C(C)(C)C)c1O. The highest BCUT2D eigenvalue weighted by atomic mass is 16.5. The van der Waals surface area contributed by atoms with Crippen molar-refractivity contribution in [2.24, 2.45) is 0 Å². The number of carbonyl (C=O) groups is 2. The summed E-state index contributed by atoms with van der Waals surface area (Å²) >= 11 is 0. The molecule has 2 N–H and O–H groups in total. The molecule has 0 saturated heterocycles. The maximum absolute atomic E-state index is 13.2. The number of ether oxygens (including phenoxy) is 1. The van der Waals surface area contributed by atoms with Gasteiger partial charge >= 0.3 is 6.09 Å². The topological polar surface area (TPSA) is 107 Å². The summed E-state index contributed by atoms with van der Waals surface area (Å²) in [6, 6.07) is 6.96. The van der Waals surface area contributed by atoms with Gasteiger partial charge < -0.3 is 14.7 Å².